The number of fused-ring (bicyclic) bond motifs is 2. The van der Waals surface area contributed by atoms with Crippen LogP contribution in [0.25, 0.3) is 32.9 Å². The lowest BCUT2D eigenvalue weighted by molar-refractivity contribution is 0.626. The molecule has 180 valence electrons. The summed E-state index contributed by atoms with van der Waals surface area (Å²) in [5.74, 6) is 2.16. The van der Waals surface area contributed by atoms with E-state index in [1.165, 1.54) is 24.5 Å². The Morgan fingerprint density at radius 1 is 0.943 bits per heavy atom. The second-order valence-electron chi connectivity index (χ2n) is 10.0. The second-order valence-corrected chi connectivity index (χ2v) is 15.6. The molecule has 3 nitrogen and oxygen atoms in total. The van der Waals surface area contributed by atoms with Gasteiger partial charge in [0.25, 0.3) is 0 Å². The van der Waals surface area contributed by atoms with E-state index in [-0.39, 0.29) is 27.6 Å². The molecule has 0 saturated heterocycles. The Labute approximate surface area is 205 Å². The van der Waals surface area contributed by atoms with E-state index in [1.54, 1.807) is 18.2 Å². The molecule has 0 radical (unpaired) electrons. The van der Waals surface area contributed by atoms with Gasteiger partial charge in [0.1, 0.15) is 19.6 Å². The highest BCUT2D eigenvalue weighted by Gasteiger charge is 2.41. The van der Waals surface area contributed by atoms with Gasteiger partial charge in [0.15, 0.2) is 11.2 Å². The van der Waals surface area contributed by atoms with Crippen molar-refractivity contribution in [3.63, 3.8) is 0 Å². The molecule has 0 spiro atoms. The fraction of sp³-hybridized carbons (Fsp3) is 0.310. The number of aromatic amines is 1. The molecular formula is C29H30F2N2OSi. The number of nitrogens with one attached hydrogen (secondary N) is 1. The summed E-state index contributed by atoms with van der Waals surface area (Å²) in [6.45, 7) is 13.3. The van der Waals surface area contributed by atoms with Crippen LogP contribution in [0.1, 0.15) is 47.1 Å². The molecule has 2 heterocycles. The number of rotatable bonds is 4. The normalized spacial score (nSPS) is 12.1. The van der Waals surface area contributed by atoms with Crippen molar-refractivity contribution in [2.45, 2.75) is 58.2 Å². The van der Waals surface area contributed by atoms with E-state index in [2.05, 4.69) is 63.0 Å². The van der Waals surface area contributed by atoms with Gasteiger partial charge in [-0.05, 0) is 28.1 Å². The molecule has 0 aliphatic heterocycles. The molecule has 0 atom stereocenters. The van der Waals surface area contributed by atoms with Gasteiger partial charge >= 0.3 is 0 Å². The first-order valence-electron chi connectivity index (χ1n) is 12.0. The molecule has 4 aromatic rings. The zero-order chi connectivity index (χ0) is 25.5. The second kappa shape index (κ2) is 9.39. The maximum Gasteiger partial charge on any atom is 0.191 e. The number of halogens is 2. The molecule has 0 amide bonds. The molecular weight excluding hydrogens is 458 g/mol. The standard InChI is InChI=1S/C29H30F2N2OSi/c1-17(2)35(18(3)4,19(5)6)15-13-21-24(30)11-10-20-8-7-9-22(26(20)21)28-27(31)29-23(16-33-28)25(34)12-14-32-29/h7-12,14,16-19H,1-6H3,(H,32,34). The number of hydrogen-bond donors (Lipinski definition) is 1. The molecule has 35 heavy (non-hydrogen) atoms. The van der Waals surface area contributed by atoms with Crippen LogP contribution in [0.4, 0.5) is 8.78 Å². The highest BCUT2D eigenvalue weighted by Crippen LogP contribution is 2.41. The third kappa shape index (κ3) is 4.08. The number of aromatic nitrogens is 2. The van der Waals surface area contributed by atoms with Gasteiger partial charge in [-0.15, -0.1) is 5.54 Å². The van der Waals surface area contributed by atoms with Crippen molar-refractivity contribution in [3.8, 4) is 22.7 Å². The first kappa shape index (κ1) is 24.8. The SMILES string of the molecule is CC(C)[Si](C#Cc1c(F)ccc2cccc(-c3ncc4c(=O)cc[nH]c4c3F)c12)(C(C)C)C(C)C. The smallest absolute Gasteiger partial charge is 0.191 e. The number of H-pyrrole nitrogens is 1. The van der Waals surface area contributed by atoms with Crippen LogP contribution in [0.5, 0.6) is 0 Å². The fourth-order valence-electron chi connectivity index (χ4n) is 5.57. The number of pyridine rings is 2. The van der Waals surface area contributed by atoms with Crippen LogP contribution in [-0.2, 0) is 0 Å². The van der Waals surface area contributed by atoms with Gasteiger partial charge in [-0.2, -0.15) is 0 Å². The van der Waals surface area contributed by atoms with Crippen LogP contribution in [0.3, 0.4) is 0 Å². The average molecular weight is 489 g/mol. The molecule has 1 N–H and O–H groups in total. The molecule has 2 aromatic carbocycles. The first-order chi connectivity index (χ1) is 16.6. The fourth-order valence-corrected chi connectivity index (χ4v) is 10.8. The van der Waals surface area contributed by atoms with Crippen molar-refractivity contribution < 1.29 is 8.78 Å². The minimum absolute atomic E-state index is 0.0543. The van der Waals surface area contributed by atoms with Gasteiger partial charge < -0.3 is 4.98 Å². The quantitative estimate of drug-likeness (QED) is 0.238. The third-order valence-corrected chi connectivity index (χ3v) is 13.6. The van der Waals surface area contributed by atoms with E-state index < -0.39 is 19.7 Å². The van der Waals surface area contributed by atoms with Gasteiger partial charge in [0.05, 0.1) is 16.5 Å². The van der Waals surface area contributed by atoms with Crippen LogP contribution in [-0.4, -0.2) is 18.0 Å². The Morgan fingerprint density at radius 3 is 2.29 bits per heavy atom. The van der Waals surface area contributed by atoms with Crippen molar-refractivity contribution >= 4 is 29.7 Å². The van der Waals surface area contributed by atoms with Crippen LogP contribution in [0, 0.1) is 23.1 Å². The Hall–Kier alpha value is -3.30. The summed E-state index contributed by atoms with van der Waals surface area (Å²) in [5.41, 5.74) is 5.30. The first-order valence-corrected chi connectivity index (χ1v) is 14.2. The van der Waals surface area contributed by atoms with E-state index in [4.69, 9.17) is 0 Å². The molecule has 0 aliphatic rings. The number of hydrogen-bond acceptors (Lipinski definition) is 2. The Bertz CT molecular complexity index is 1520. The van der Waals surface area contributed by atoms with Crippen molar-refractivity contribution in [1.29, 1.82) is 0 Å². The molecule has 0 bridgehead atoms. The van der Waals surface area contributed by atoms with Gasteiger partial charge in [-0.1, -0.05) is 71.7 Å². The van der Waals surface area contributed by atoms with Crippen LogP contribution in [0.15, 0.2) is 53.6 Å². The minimum Gasteiger partial charge on any atom is -0.358 e. The maximum atomic E-state index is 15.6. The maximum absolute atomic E-state index is 15.6. The van der Waals surface area contributed by atoms with Crippen molar-refractivity contribution in [3.05, 3.63) is 76.2 Å². The monoisotopic (exact) mass is 488 g/mol. The van der Waals surface area contributed by atoms with Gasteiger partial charge in [-0.25, -0.2) is 8.78 Å². The summed E-state index contributed by atoms with van der Waals surface area (Å²) in [6.07, 6.45) is 2.77. The van der Waals surface area contributed by atoms with Crippen molar-refractivity contribution in [1.82, 2.24) is 9.97 Å². The largest absolute Gasteiger partial charge is 0.358 e. The lowest BCUT2D eigenvalue weighted by Crippen LogP contribution is -2.43. The highest BCUT2D eigenvalue weighted by atomic mass is 28.3. The van der Waals surface area contributed by atoms with Crippen molar-refractivity contribution in [2.24, 2.45) is 0 Å². The topological polar surface area (TPSA) is 45.8 Å². The predicted molar refractivity (Wildman–Crippen MR) is 143 cm³/mol. The molecule has 0 saturated carbocycles. The van der Waals surface area contributed by atoms with Gasteiger partial charge in [-0.3, -0.25) is 9.78 Å². The number of benzene rings is 2. The summed E-state index contributed by atoms with van der Waals surface area (Å²) < 4.78 is 31.0. The molecule has 6 heteroatoms. The molecule has 0 unspecified atom stereocenters. The minimum atomic E-state index is -2.13. The summed E-state index contributed by atoms with van der Waals surface area (Å²) >= 11 is 0. The van der Waals surface area contributed by atoms with Gasteiger partial charge in [0, 0.05) is 29.4 Å². The summed E-state index contributed by atoms with van der Waals surface area (Å²) in [7, 11) is -2.13. The van der Waals surface area contributed by atoms with Crippen LogP contribution >= 0.6 is 0 Å². The van der Waals surface area contributed by atoms with Crippen LogP contribution in [0.2, 0.25) is 16.6 Å². The van der Waals surface area contributed by atoms with Crippen LogP contribution < -0.4 is 5.43 Å². The summed E-state index contributed by atoms with van der Waals surface area (Å²) in [6, 6.07) is 9.81. The molecule has 2 aromatic heterocycles. The molecule has 0 fully saturated rings. The third-order valence-electron chi connectivity index (χ3n) is 7.27. The zero-order valence-corrected chi connectivity index (χ0v) is 22.0. The van der Waals surface area contributed by atoms with E-state index in [9.17, 15) is 4.79 Å². The summed E-state index contributed by atoms with van der Waals surface area (Å²) in [5, 5.41) is 1.45. The van der Waals surface area contributed by atoms with E-state index in [1.807, 2.05) is 6.07 Å². The van der Waals surface area contributed by atoms with E-state index in [0.29, 0.717) is 27.6 Å². The zero-order valence-electron chi connectivity index (χ0n) is 21.0. The van der Waals surface area contributed by atoms with E-state index in [0.717, 1.165) is 5.39 Å². The molecule has 4 rings (SSSR count). The molecule has 0 aliphatic carbocycles. The van der Waals surface area contributed by atoms with E-state index >= 15 is 8.78 Å². The lowest BCUT2D eigenvalue weighted by Gasteiger charge is -2.38. The average Bonchev–Trinajstić information content (AvgIpc) is 2.80. The Morgan fingerprint density at radius 2 is 1.63 bits per heavy atom. The van der Waals surface area contributed by atoms with Crippen molar-refractivity contribution in [2.75, 3.05) is 0 Å². The Kier molecular flexibility index (Phi) is 6.66. The lowest BCUT2D eigenvalue weighted by atomic mass is 9.96. The Balaban J connectivity index is 2.05. The predicted octanol–water partition coefficient (Wildman–Crippen LogP) is 7.59. The highest BCUT2D eigenvalue weighted by molar-refractivity contribution is 6.90. The van der Waals surface area contributed by atoms with Gasteiger partial charge in [0.2, 0.25) is 0 Å². The summed E-state index contributed by atoms with van der Waals surface area (Å²) in [4.78, 5) is 19.3. The number of nitrogens with zero attached hydrogens (tertiary/aromatic N) is 1.